The molecule has 0 saturated carbocycles. The van der Waals surface area contributed by atoms with Gasteiger partial charge in [0, 0.05) is 67.4 Å². The number of likely N-dealkylation sites (N-methyl/N-ethyl adjacent to an activating group) is 1. The lowest BCUT2D eigenvalue weighted by atomic mass is 9.96. The van der Waals surface area contributed by atoms with E-state index < -0.39 is 39.7 Å². The van der Waals surface area contributed by atoms with Gasteiger partial charge in [0.1, 0.15) is 0 Å². The Morgan fingerprint density at radius 1 is 1.10 bits per heavy atom. The van der Waals surface area contributed by atoms with Crippen LogP contribution in [0.25, 0.3) is 5.57 Å². The van der Waals surface area contributed by atoms with Crippen LogP contribution in [-0.2, 0) is 10.0 Å². The van der Waals surface area contributed by atoms with Crippen LogP contribution in [-0.4, -0.2) is 76.2 Å². The maximum absolute atomic E-state index is 13.3. The van der Waals surface area contributed by atoms with Crippen LogP contribution in [0.1, 0.15) is 28.5 Å². The number of benzene rings is 2. The molecule has 0 unspecified atom stereocenters. The van der Waals surface area contributed by atoms with Crippen molar-refractivity contribution in [3.8, 4) is 0 Å². The zero-order chi connectivity index (χ0) is 28.1. The Balaban J connectivity index is 1.79. The van der Waals surface area contributed by atoms with Gasteiger partial charge in [-0.2, -0.15) is 0 Å². The van der Waals surface area contributed by atoms with Gasteiger partial charge in [-0.25, -0.2) is 12.7 Å². The quantitative estimate of drug-likeness (QED) is 0.594. The van der Waals surface area contributed by atoms with Crippen molar-refractivity contribution in [2.24, 2.45) is 0 Å². The summed E-state index contributed by atoms with van der Waals surface area (Å²) in [6.45, 7) is -5.81. The van der Waals surface area contributed by atoms with E-state index in [0.29, 0.717) is 29.1 Å². The minimum absolute atomic E-state index is 0.0398. The molecule has 0 radical (unpaired) electrons. The summed E-state index contributed by atoms with van der Waals surface area (Å²) in [7, 11) is -2.94. The minimum Gasteiger partial charge on any atom is -0.304 e. The Hall–Kier alpha value is -1.64. The van der Waals surface area contributed by atoms with Gasteiger partial charge in [0.15, 0.2) is 0 Å². The molecule has 0 N–H and O–H groups in total. The summed E-state index contributed by atoms with van der Waals surface area (Å²) in [5.41, 5.74) is 1.87. The first kappa shape index (κ1) is 13.7. The fourth-order valence-corrected chi connectivity index (χ4v) is 5.38. The first-order valence-electron chi connectivity index (χ1n) is 13.6. The Bertz CT molecular complexity index is 1320. The molecular weight excluding hydrogens is 414 g/mol. The highest BCUT2D eigenvalue weighted by Gasteiger charge is 2.25. The van der Waals surface area contributed by atoms with Crippen LogP contribution in [0.5, 0.6) is 0 Å². The summed E-state index contributed by atoms with van der Waals surface area (Å²) < 4.78 is 89.1. The van der Waals surface area contributed by atoms with E-state index in [1.54, 1.807) is 11.0 Å². The lowest BCUT2D eigenvalue weighted by Crippen LogP contribution is -2.44. The molecular formula is C23H29N3O2S2. The maximum atomic E-state index is 13.3. The molecule has 0 bridgehead atoms. The molecule has 5 nitrogen and oxygen atoms in total. The van der Waals surface area contributed by atoms with E-state index in [0.717, 1.165) is 23.5 Å². The molecule has 0 spiro atoms. The van der Waals surface area contributed by atoms with E-state index in [2.05, 4.69) is 4.90 Å². The molecule has 1 fully saturated rings. The third kappa shape index (κ3) is 4.36. The van der Waals surface area contributed by atoms with Gasteiger partial charge in [-0.05, 0) is 54.4 Å². The highest BCUT2D eigenvalue weighted by atomic mass is 32.2. The SMILES string of the molecule is [2H]C([2H])([2H])N(C([2H])([2H])[2H])S(=O)(=O)c1ccc2c(c1)/C(=C\CC([2H])([2H])N1CCN(C)CC1)c1ccccc1S2. The summed E-state index contributed by atoms with van der Waals surface area (Å²) in [6, 6.07) is 11.5. The van der Waals surface area contributed by atoms with Crippen LogP contribution in [0.3, 0.4) is 0 Å². The Morgan fingerprint density at radius 3 is 2.60 bits per heavy atom. The van der Waals surface area contributed by atoms with E-state index in [-0.39, 0.29) is 6.42 Å². The minimum atomic E-state index is -4.93. The molecule has 160 valence electrons. The Morgan fingerprint density at radius 2 is 1.83 bits per heavy atom. The van der Waals surface area contributed by atoms with Crippen molar-refractivity contribution in [1.29, 1.82) is 0 Å². The highest BCUT2D eigenvalue weighted by Crippen LogP contribution is 2.46. The van der Waals surface area contributed by atoms with Crippen LogP contribution < -0.4 is 0 Å². The third-order valence-electron chi connectivity index (χ3n) is 5.30. The average Bonchev–Trinajstić information content (AvgIpc) is 2.79. The number of nitrogens with zero attached hydrogens (tertiary/aromatic N) is 3. The van der Waals surface area contributed by atoms with Gasteiger partial charge >= 0.3 is 0 Å². The molecule has 2 aliphatic rings. The molecule has 0 aliphatic carbocycles. The normalized spacial score (nSPS) is 24.4. The van der Waals surface area contributed by atoms with Crippen molar-refractivity contribution in [2.75, 3.05) is 53.7 Å². The first-order chi connectivity index (χ1) is 17.5. The van der Waals surface area contributed by atoms with Crippen LogP contribution in [0.4, 0.5) is 0 Å². The molecule has 0 atom stereocenters. The lowest BCUT2D eigenvalue weighted by Gasteiger charge is -2.32. The molecule has 2 aromatic carbocycles. The Kier molecular flexibility index (Phi) is 4.04. The fourth-order valence-electron chi connectivity index (χ4n) is 3.58. The third-order valence-corrected chi connectivity index (χ3v) is 7.78. The second-order valence-corrected chi connectivity index (χ2v) is 10.2. The van der Waals surface area contributed by atoms with Crippen LogP contribution in [0, 0.1) is 0 Å². The summed E-state index contributed by atoms with van der Waals surface area (Å²) >= 11 is 1.41. The smallest absolute Gasteiger partial charge is 0.242 e. The van der Waals surface area contributed by atoms with Gasteiger partial charge in [-0.3, -0.25) is 0 Å². The Labute approximate surface area is 195 Å². The summed E-state index contributed by atoms with van der Waals surface area (Å²) in [6.07, 6.45) is 1.79. The van der Waals surface area contributed by atoms with Crippen molar-refractivity contribution in [1.82, 2.24) is 14.1 Å². The number of hydrogen-bond acceptors (Lipinski definition) is 5. The molecule has 0 aromatic heterocycles. The van der Waals surface area contributed by atoms with E-state index in [9.17, 15) is 8.42 Å². The molecule has 2 aromatic rings. The first-order valence-corrected chi connectivity index (χ1v) is 11.9. The number of rotatable bonds is 5. The zero-order valence-electron chi connectivity index (χ0n) is 24.6. The van der Waals surface area contributed by atoms with E-state index in [4.69, 9.17) is 11.0 Å². The molecule has 4 rings (SSSR count). The largest absolute Gasteiger partial charge is 0.304 e. The van der Waals surface area contributed by atoms with Gasteiger partial charge < -0.3 is 9.80 Å². The predicted molar refractivity (Wildman–Crippen MR) is 124 cm³/mol. The fraction of sp³-hybridized carbons (Fsp3) is 0.391. The number of piperazine rings is 1. The number of sulfonamides is 1. The number of hydrogen-bond donors (Lipinski definition) is 0. The number of fused-ring (bicyclic) bond motifs is 2. The molecule has 1 saturated heterocycles. The maximum Gasteiger partial charge on any atom is 0.242 e. The van der Waals surface area contributed by atoms with Crippen molar-refractivity contribution in [2.45, 2.75) is 21.1 Å². The van der Waals surface area contributed by atoms with Gasteiger partial charge in [0.2, 0.25) is 10.0 Å². The monoisotopic (exact) mass is 451 g/mol. The van der Waals surface area contributed by atoms with Crippen molar-refractivity contribution >= 4 is 27.4 Å². The van der Waals surface area contributed by atoms with Gasteiger partial charge in [0.25, 0.3) is 0 Å². The lowest BCUT2D eigenvalue weighted by molar-refractivity contribution is 0.156. The van der Waals surface area contributed by atoms with E-state index >= 15 is 0 Å². The molecule has 2 heterocycles. The van der Waals surface area contributed by atoms with Crippen LogP contribution >= 0.6 is 11.8 Å². The van der Waals surface area contributed by atoms with Crippen molar-refractivity contribution in [3.63, 3.8) is 0 Å². The molecule has 2 aliphatic heterocycles. The topological polar surface area (TPSA) is 43.9 Å². The summed E-state index contributed by atoms with van der Waals surface area (Å²) in [5.74, 6) is 0. The molecule has 30 heavy (non-hydrogen) atoms. The molecule has 0 amide bonds. The van der Waals surface area contributed by atoms with Crippen LogP contribution in [0.2, 0.25) is 0 Å². The summed E-state index contributed by atoms with van der Waals surface area (Å²) in [5, 5.41) is 0. The van der Waals surface area contributed by atoms with Gasteiger partial charge in [-0.1, -0.05) is 36.0 Å². The standard InChI is InChI=1S/C23H29N3O2S2/c1-24(2)30(27,28)18-10-11-23-21(17-18)19(20-7-4-5-9-22(20)29-23)8-6-12-26-15-13-25(3)14-16-26/h4-5,7-11,17H,6,12-16H2,1-3H3/b19-8-/i1D3,2D3,12D2. The second-order valence-electron chi connectivity index (χ2n) is 7.30. The second kappa shape index (κ2) is 8.85. The molecule has 7 heteroatoms. The van der Waals surface area contributed by atoms with Crippen molar-refractivity contribution < 1.29 is 19.4 Å². The van der Waals surface area contributed by atoms with Crippen LogP contribution in [0.15, 0.2) is 63.2 Å². The summed E-state index contributed by atoms with van der Waals surface area (Å²) in [4.78, 5) is 5.08. The van der Waals surface area contributed by atoms with E-state index in [1.165, 1.54) is 30.0 Å². The van der Waals surface area contributed by atoms with E-state index in [1.807, 2.05) is 31.3 Å². The van der Waals surface area contributed by atoms with Gasteiger partial charge in [0.05, 0.1) is 4.90 Å². The van der Waals surface area contributed by atoms with Crippen molar-refractivity contribution in [3.05, 3.63) is 59.7 Å². The predicted octanol–water partition coefficient (Wildman–Crippen LogP) is 3.47. The van der Waals surface area contributed by atoms with Gasteiger partial charge in [-0.15, -0.1) is 0 Å². The average molecular weight is 452 g/mol. The zero-order valence-corrected chi connectivity index (χ0v) is 18.3. The highest BCUT2D eigenvalue weighted by molar-refractivity contribution is 7.99.